The van der Waals surface area contributed by atoms with E-state index in [0.29, 0.717) is 21.4 Å². The van der Waals surface area contributed by atoms with Crippen LogP contribution in [0.5, 0.6) is 0 Å². The fourth-order valence-corrected chi connectivity index (χ4v) is 3.88. The van der Waals surface area contributed by atoms with Gasteiger partial charge in [0.05, 0.1) is 34.0 Å². The van der Waals surface area contributed by atoms with Crippen LogP contribution in [0.4, 0.5) is 5.82 Å². The summed E-state index contributed by atoms with van der Waals surface area (Å²) in [5, 5.41) is 10.9. The van der Waals surface area contributed by atoms with Gasteiger partial charge in [-0.05, 0) is 25.0 Å². The number of pyridine rings is 1. The van der Waals surface area contributed by atoms with Crippen molar-refractivity contribution >= 4 is 45.9 Å². The molecule has 8 heteroatoms. The highest BCUT2D eigenvalue weighted by Gasteiger charge is 2.28. The second-order valence-corrected chi connectivity index (χ2v) is 7.10. The normalized spacial score (nSPS) is 17.2. The first-order valence-electron chi connectivity index (χ1n) is 8.30. The summed E-state index contributed by atoms with van der Waals surface area (Å²) >= 11 is 12.6. The van der Waals surface area contributed by atoms with Gasteiger partial charge in [0.1, 0.15) is 5.82 Å². The highest BCUT2D eigenvalue weighted by molar-refractivity contribution is 6.45. The number of carboxylic acid groups (broad SMARTS) is 1. The van der Waals surface area contributed by atoms with Crippen LogP contribution in [0.2, 0.25) is 10.0 Å². The molecule has 0 amide bonds. The van der Waals surface area contributed by atoms with Crippen LogP contribution in [0.1, 0.15) is 19.3 Å². The Morgan fingerprint density at radius 1 is 1.35 bits per heavy atom. The standard InChI is InChI=1S/C18H16Cl2N4O2/c19-13-4-3-12-14(23-7-5-21-10-23)9-15(22-18(12)17(13)20)24-6-1-2-11(24)8-16(25)26/h3-5,7,9-11H,1-2,6,8H2,(H,25,26)/t11-/m0/s1. The summed E-state index contributed by atoms with van der Waals surface area (Å²) in [6.45, 7) is 0.762. The number of rotatable bonds is 4. The fraction of sp³-hybridized carbons (Fsp3) is 0.278. The van der Waals surface area contributed by atoms with Crippen molar-refractivity contribution in [2.45, 2.75) is 25.3 Å². The first-order valence-corrected chi connectivity index (χ1v) is 9.05. The third-order valence-corrected chi connectivity index (χ3v) is 5.50. The van der Waals surface area contributed by atoms with Gasteiger partial charge in [-0.25, -0.2) is 9.97 Å². The lowest BCUT2D eigenvalue weighted by Gasteiger charge is -2.26. The van der Waals surface area contributed by atoms with E-state index in [2.05, 4.69) is 4.98 Å². The summed E-state index contributed by atoms with van der Waals surface area (Å²) in [5.74, 6) is -0.104. The van der Waals surface area contributed by atoms with Crippen molar-refractivity contribution in [3.8, 4) is 5.69 Å². The topological polar surface area (TPSA) is 71.2 Å². The molecule has 0 bridgehead atoms. The molecule has 1 aromatic carbocycles. The SMILES string of the molecule is O=C(O)C[C@@H]1CCCN1c1cc(-n2ccnc2)c2ccc(Cl)c(Cl)c2n1. The van der Waals surface area contributed by atoms with Crippen molar-refractivity contribution < 1.29 is 9.90 Å². The summed E-state index contributed by atoms with van der Waals surface area (Å²) in [6.07, 6.45) is 7.10. The molecule has 1 N–H and O–H groups in total. The van der Waals surface area contributed by atoms with E-state index in [1.807, 2.05) is 27.8 Å². The van der Waals surface area contributed by atoms with E-state index in [9.17, 15) is 9.90 Å². The minimum absolute atomic E-state index is 0.0777. The van der Waals surface area contributed by atoms with Crippen LogP contribution in [0, 0.1) is 0 Å². The van der Waals surface area contributed by atoms with Crippen LogP contribution in [-0.4, -0.2) is 38.2 Å². The van der Waals surface area contributed by atoms with Crippen molar-refractivity contribution in [2.24, 2.45) is 0 Å². The average Bonchev–Trinajstić information content (AvgIpc) is 3.29. The first kappa shape index (κ1) is 17.1. The quantitative estimate of drug-likeness (QED) is 0.723. The maximum absolute atomic E-state index is 11.2. The molecular weight excluding hydrogens is 375 g/mol. The number of hydrogen-bond acceptors (Lipinski definition) is 4. The van der Waals surface area contributed by atoms with Crippen molar-refractivity contribution in [1.82, 2.24) is 14.5 Å². The highest BCUT2D eigenvalue weighted by atomic mass is 35.5. The number of aliphatic carboxylic acids is 1. The molecule has 3 heterocycles. The predicted octanol–water partition coefficient (Wildman–Crippen LogP) is 4.17. The third-order valence-electron chi connectivity index (χ3n) is 4.70. The number of carbonyl (C=O) groups is 1. The monoisotopic (exact) mass is 390 g/mol. The molecule has 26 heavy (non-hydrogen) atoms. The Hall–Kier alpha value is -2.31. The lowest BCUT2D eigenvalue weighted by Crippen LogP contribution is -2.32. The molecule has 1 aliphatic rings. The molecule has 1 atom stereocenters. The van der Waals surface area contributed by atoms with Gasteiger partial charge in [0, 0.05) is 36.4 Å². The minimum Gasteiger partial charge on any atom is -0.481 e. The van der Waals surface area contributed by atoms with E-state index in [1.54, 1.807) is 18.6 Å². The average molecular weight is 391 g/mol. The molecule has 3 aromatic rings. The van der Waals surface area contributed by atoms with Crippen LogP contribution in [0.15, 0.2) is 36.9 Å². The van der Waals surface area contributed by atoms with E-state index in [-0.39, 0.29) is 12.5 Å². The largest absolute Gasteiger partial charge is 0.481 e. The zero-order chi connectivity index (χ0) is 18.3. The number of imidazole rings is 1. The lowest BCUT2D eigenvalue weighted by molar-refractivity contribution is -0.137. The van der Waals surface area contributed by atoms with Gasteiger partial charge >= 0.3 is 5.97 Å². The Kier molecular flexibility index (Phi) is 4.46. The Morgan fingerprint density at radius 3 is 2.92 bits per heavy atom. The molecular formula is C18H16Cl2N4O2. The van der Waals surface area contributed by atoms with Crippen LogP contribution in [-0.2, 0) is 4.79 Å². The molecule has 1 saturated heterocycles. The third kappa shape index (κ3) is 2.99. The van der Waals surface area contributed by atoms with Crippen molar-refractivity contribution in [3.63, 3.8) is 0 Å². The summed E-state index contributed by atoms with van der Waals surface area (Å²) in [7, 11) is 0. The number of halogens is 2. The molecule has 0 aliphatic carbocycles. The van der Waals surface area contributed by atoms with Gasteiger partial charge < -0.3 is 14.6 Å². The van der Waals surface area contributed by atoms with Gasteiger partial charge in [0.2, 0.25) is 0 Å². The molecule has 4 rings (SSSR count). The summed E-state index contributed by atoms with van der Waals surface area (Å²) in [6, 6.07) is 5.51. The molecule has 0 unspecified atom stereocenters. The lowest BCUT2D eigenvalue weighted by atomic mass is 10.1. The number of anilines is 1. The zero-order valence-electron chi connectivity index (χ0n) is 13.8. The Labute approximate surface area is 160 Å². The molecule has 6 nitrogen and oxygen atoms in total. The number of nitrogens with zero attached hydrogens (tertiary/aromatic N) is 4. The Morgan fingerprint density at radius 2 is 2.19 bits per heavy atom. The van der Waals surface area contributed by atoms with Crippen molar-refractivity contribution in [1.29, 1.82) is 0 Å². The fourth-order valence-electron chi connectivity index (χ4n) is 3.52. The van der Waals surface area contributed by atoms with Crippen molar-refractivity contribution in [2.75, 3.05) is 11.4 Å². The second-order valence-electron chi connectivity index (χ2n) is 6.31. The molecule has 0 radical (unpaired) electrons. The molecule has 1 fully saturated rings. The second kappa shape index (κ2) is 6.78. The smallest absolute Gasteiger partial charge is 0.305 e. The van der Waals surface area contributed by atoms with E-state index in [4.69, 9.17) is 28.2 Å². The predicted molar refractivity (Wildman–Crippen MR) is 102 cm³/mol. The highest BCUT2D eigenvalue weighted by Crippen LogP contribution is 2.36. The maximum Gasteiger partial charge on any atom is 0.305 e. The van der Waals surface area contributed by atoms with E-state index < -0.39 is 5.97 Å². The van der Waals surface area contributed by atoms with Gasteiger partial charge in [-0.3, -0.25) is 4.79 Å². The molecule has 0 spiro atoms. The Balaban J connectivity index is 1.90. The van der Waals surface area contributed by atoms with Crippen molar-refractivity contribution in [3.05, 3.63) is 47.0 Å². The molecule has 1 aliphatic heterocycles. The summed E-state index contributed by atoms with van der Waals surface area (Å²) < 4.78 is 1.89. The number of hydrogen-bond donors (Lipinski definition) is 1. The van der Waals surface area contributed by atoms with Crippen LogP contribution < -0.4 is 4.90 Å². The minimum atomic E-state index is -0.807. The molecule has 134 valence electrons. The number of aromatic nitrogens is 3. The summed E-state index contributed by atoms with van der Waals surface area (Å²) in [4.78, 5) is 22.1. The molecule has 2 aromatic heterocycles. The first-order chi connectivity index (χ1) is 12.5. The zero-order valence-corrected chi connectivity index (χ0v) is 15.3. The number of carboxylic acids is 1. The van der Waals surface area contributed by atoms with Gasteiger partial charge in [-0.15, -0.1) is 0 Å². The van der Waals surface area contributed by atoms with E-state index in [1.165, 1.54) is 0 Å². The van der Waals surface area contributed by atoms with Crippen LogP contribution in [0.3, 0.4) is 0 Å². The maximum atomic E-state index is 11.2. The Bertz CT molecular complexity index is 975. The summed E-state index contributed by atoms with van der Waals surface area (Å²) in [5.41, 5.74) is 1.48. The van der Waals surface area contributed by atoms with Gasteiger partial charge in [-0.2, -0.15) is 0 Å². The van der Waals surface area contributed by atoms with Gasteiger partial charge in [-0.1, -0.05) is 23.2 Å². The van der Waals surface area contributed by atoms with Crippen LogP contribution in [0.25, 0.3) is 16.6 Å². The van der Waals surface area contributed by atoms with Crippen LogP contribution >= 0.6 is 23.2 Å². The molecule has 0 saturated carbocycles. The van der Waals surface area contributed by atoms with Gasteiger partial charge in [0.25, 0.3) is 0 Å². The number of benzene rings is 1. The van der Waals surface area contributed by atoms with E-state index >= 15 is 0 Å². The number of fused-ring (bicyclic) bond motifs is 1. The van der Waals surface area contributed by atoms with Gasteiger partial charge in [0.15, 0.2) is 0 Å². The van der Waals surface area contributed by atoms with E-state index in [0.717, 1.165) is 30.5 Å².